The summed E-state index contributed by atoms with van der Waals surface area (Å²) >= 11 is 0. The van der Waals surface area contributed by atoms with E-state index in [0.29, 0.717) is 0 Å². The lowest BCUT2D eigenvalue weighted by molar-refractivity contribution is -0.930. The SMILES string of the molecule is CC(C)(C)n1nnnc1C[NH+]1CCc2ccccc2C1. The average Bonchev–Trinajstić information content (AvgIpc) is 2.87. The van der Waals surface area contributed by atoms with Gasteiger partial charge in [0.15, 0.2) is 0 Å². The van der Waals surface area contributed by atoms with Gasteiger partial charge in [0.1, 0.15) is 13.1 Å². The van der Waals surface area contributed by atoms with Gasteiger partial charge in [-0.1, -0.05) is 24.3 Å². The molecule has 0 fully saturated rings. The average molecular weight is 272 g/mol. The number of nitrogens with one attached hydrogen (secondary N) is 1. The first-order chi connectivity index (χ1) is 9.54. The van der Waals surface area contributed by atoms with Crippen LogP contribution in [0.1, 0.15) is 37.7 Å². The van der Waals surface area contributed by atoms with Gasteiger partial charge in [-0.2, -0.15) is 0 Å². The quantitative estimate of drug-likeness (QED) is 0.869. The molecule has 2 heterocycles. The predicted octanol–water partition coefficient (Wildman–Crippen LogP) is 0.569. The van der Waals surface area contributed by atoms with Gasteiger partial charge < -0.3 is 4.90 Å². The van der Waals surface area contributed by atoms with Gasteiger partial charge >= 0.3 is 0 Å². The largest absolute Gasteiger partial charge is 0.324 e. The summed E-state index contributed by atoms with van der Waals surface area (Å²) in [6, 6.07) is 8.73. The van der Waals surface area contributed by atoms with Crippen molar-refractivity contribution in [3.63, 3.8) is 0 Å². The number of aromatic nitrogens is 4. The third-order valence-electron chi connectivity index (χ3n) is 3.88. The Bertz CT molecular complexity index is 596. The summed E-state index contributed by atoms with van der Waals surface area (Å²) in [5.41, 5.74) is 2.89. The van der Waals surface area contributed by atoms with Crippen LogP contribution in [0.25, 0.3) is 0 Å². The summed E-state index contributed by atoms with van der Waals surface area (Å²) in [5, 5.41) is 12.2. The maximum atomic E-state index is 4.21. The van der Waals surface area contributed by atoms with Crippen LogP contribution in [-0.2, 0) is 25.0 Å². The Hall–Kier alpha value is -1.75. The minimum absolute atomic E-state index is 0.0635. The van der Waals surface area contributed by atoms with E-state index in [1.165, 1.54) is 16.0 Å². The third kappa shape index (κ3) is 2.58. The van der Waals surface area contributed by atoms with Crippen LogP contribution in [0.3, 0.4) is 0 Å². The molecule has 0 amide bonds. The highest BCUT2D eigenvalue weighted by Gasteiger charge is 2.25. The van der Waals surface area contributed by atoms with Crippen molar-refractivity contribution in [1.29, 1.82) is 0 Å². The van der Waals surface area contributed by atoms with E-state index in [9.17, 15) is 0 Å². The van der Waals surface area contributed by atoms with Gasteiger partial charge in [0.2, 0.25) is 5.82 Å². The zero-order valence-corrected chi connectivity index (χ0v) is 12.4. The second-order valence-corrected chi connectivity index (χ2v) is 6.55. The van der Waals surface area contributed by atoms with E-state index in [1.54, 1.807) is 0 Å². The lowest BCUT2D eigenvalue weighted by atomic mass is 10.00. The molecule has 1 aliphatic heterocycles. The highest BCUT2D eigenvalue weighted by molar-refractivity contribution is 5.27. The summed E-state index contributed by atoms with van der Waals surface area (Å²) in [6.45, 7) is 9.49. The molecule has 106 valence electrons. The molecule has 0 aliphatic carbocycles. The lowest BCUT2D eigenvalue weighted by Gasteiger charge is -2.26. The Morgan fingerprint density at radius 2 is 1.95 bits per heavy atom. The highest BCUT2D eigenvalue weighted by atomic mass is 15.6. The van der Waals surface area contributed by atoms with Gasteiger partial charge in [0.25, 0.3) is 0 Å². The van der Waals surface area contributed by atoms with Crippen LogP contribution in [-0.4, -0.2) is 26.8 Å². The Balaban J connectivity index is 1.76. The number of hydrogen-bond donors (Lipinski definition) is 1. The first kappa shape index (κ1) is 13.2. The lowest BCUT2D eigenvalue weighted by Crippen LogP contribution is -3.10. The number of nitrogens with zero attached hydrogens (tertiary/aromatic N) is 4. The monoisotopic (exact) mass is 272 g/mol. The number of rotatable bonds is 2. The molecule has 0 saturated carbocycles. The van der Waals surface area contributed by atoms with Crippen molar-refractivity contribution in [2.45, 2.75) is 45.8 Å². The second kappa shape index (κ2) is 4.98. The molecule has 5 nitrogen and oxygen atoms in total. The van der Waals surface area contributed by atoms with E-state index < -0.39 is 0 Å². The molecule has 1 N–H and O–H groups in total. The fourth-order valence-electron chi connectivity index (χ4n) is 2.85. The van der Waals surface area contributed by atoms with Crippen LogP contribution >= 0.6 is 0 Å². The van der Waals surface area contributed by atoms with E-state index in [1.807, 2.05) is 4.68 Å². The molecule has 1 unspecified atom stereocenters. The molecule has 3 rings (SSSR count). The molecular formula is C15H22N5+. The maximum Gasteiger partial charge on any atom is 0.206 e. The summed E-state index contributed by atoms with van der Waals surface area (Å²) in [5.74, 6) is 0.979. The van der Waals surface area contributed by atoms with Crippen LogP contribution in [0.4, 0.5) is 0 Å². The summed E-state index contributed by atoms with van der Waals surface area (Å²) in [4.78, 5) is 1.53. The summed E-state index contributed by atoms with van der Waals surface area (Å²) in [7, 11) is 0. The topological polar surface area (TPSA) is 48.0 Å². The van der Waals surface area contributed by atoms with Gasteiger partial charge in [0.05, 0.1) is 12.1 Å². The molecule has 0 bridgehead atoms. The van der Waals surface area contributed by atoms with Crippen molar-refractivity contribution in [2.24, 2.45) is 0 Å². The van der Waals surface area contributed by atoms with Crippen LogP contribution in [0.2, 0.25) is 0 Å². The van der Waals surface area contributed by atoms with E-state index in [-0.39, 0.29) is 5.54 Å². The number of fused-ring (bicyclic) bond motifs is 1. The molecule has 0 spiro atoms. The number of benzene rings is 1. The number of tetrazole rings is 1. The Morgan fingerprint density at radius 3 is 2.70 bits per heavy atom. The van der Waals surface area contributed by atoms with E-state index in [0.717, 1.165) is 31.9 Å². The fourth-order valence-corrected chi connectivity index (χ4v) is 2.85. The molecule has 1 aromatic carbocycles. The molecule has 1 atom stereocenters. The molecular weight excluding hydrogens is 250 g/mol. The number of hydrogen-bond acceptors (Lipinski definition) is 3. The van der Waals surface area contributed by atoms with E-state index >= 15 is 0 Å². The summed E-state index contributed by atoms with van der Waals surface area (Å²) < 4.78 is 1.94. The van der Waals surface area contributed by atoms with E-state index in [2.05, 4.69) is 60.6 Å². The Kier molecular flexibility index (Phi) is 3.30. The molecule has 5 heteroatoms. The van der Waals surface area contributed by atoms with Gasteiger partial charge in [0, 0.05) is 12.0 Å². The van der Waals surface area contributed by atoms with Gasteiger partial charge in [-0.25, -0.2) is 4.68 Å². The molecule has 20 heavy (non-hydrogen) atoms. The van der Waals surface area contributed by atoms with Gasteiger partial charge in [-0.05, 0) is 36.8 Å². The maximum absolute atomic E-state index is 4.21. The summed E-state index contributed by atoms with van der Waals surface area (Å²) in [6.07, 6.45) is 1.14. The van der Waals surface area contributed by atoms with Gasteiger partial charge in [-0.3, -0.25) is 0 Å². The molecule has 0 radical (unpaired) electrons. The molecule has 1 aliphatic rings. The van der Waals surface area contributed by atoms with Crippen LogP contribution < -0.4 is 4.90 Å². The standard InChI is InChI=1S/C15H21N5/c1-15(2,3)20-14(16-17-18-20)11-19-9-8-12-6-4-5-7-13(12)10-19/h4-7H,8-11H2,1-3H3/p+1. The Labute approximate surface area is 119 Å². The van der Waals surface area contributed by atoms with Crippen molar-refractivity contribution < 1.29 is 4.90 Å². The molecule has 0 saturated heterocycles. The van der Waals surface area contributed by atoms with E-state index in [4.69, 9.17) is 0 Å². The van der Waals surface area contributed by atoms with Crippen molar-refractivity contribution >= 4 is 0 Å². The van der Waals surface area contributed by atoms with Crippen molar-refractivity contribution in [2.75, 3.05) is 6.54 Å². The zero-order chi connectivity index (χ0) is 14.2. The smallest absolute Gasteiger partial charge is 0.206 e. The number of quaternary nitrogens is 1. The fraction of sp³-hybridized carbons (Fsp3) is 0.533. The zero-order valence-electron chi connectivity index (χ0n) is 12.4. The van der Waals surface area contributed by atoms with Crippen LogP contribution in [0.15, 0.2) is 24.3 Å². The van der Waals surface area contributed by atoms with Crippen LogP contribution in [0.5, 0.6) is 0 Å². The first-order valence-electron chi connectivity index (χ1n) is 7.22. The predicted molar refractivity (Wildman–Crippen MR) is 76.2 cm³/mol. The molecule has 1 aromatic heterocycles. The minimum atomic E-state index is -0.0635. The van der Waals surface area contributed by atoms with Crippen LogP contribution in [0, 0.1) is 0 Å². The highest BCUT2D eigenvalue weighted by Crippen LogP contribution is 2.14. The third-order valence-corrected chi connectivity index (χ3v) is 3.88. The van der Waals surface area contributed by atoms with Gasteiger partial charge in [-0.15, -0.1) is 5.10 Å². The minimum Gasteiger partial charge on any atom is -0.324 e. The van der Waals surface area contributed by atoms with Crippen molar-refractivity contribution in [3.05, 3.63) is 41.2 Å². The molecule has 2 aromatic rings. The van der Waals surface area contributed by atoms with Crippen molar-refractivity contribution in [1.82, 2.24) is 20.2 Å². The second-order valence-electron chi connectivity index (χ2n) is 6.55. The Morgan fingerprint density at radius 1 is 1.20 bits per heavy atom. The first-order valence-corrected chi connectivity index (χ1v) is 7.22. The van der Waals surface area contributed by atoms with Crippen molar-refractivity contribution in [3.8, 4) is 0 Å². The normalized spacial score (nSPS) is 18.9.